The van der Waals surface area contributed by atoms with Crippen LogP contribution in [-0.2, 0) is 11.2 Å². The van der Waals surface area contributed by atoms with E-state index in [0.29, 0.717) is 18.4 Å². The first-order chi connectivity index (χ1) is 9.11. The lowest BCUT2D eigenvalue weighted by Crippen LogP contribution is -2.34. The fourth-order valence-electron chi connectivity index (χ4n) is 2.60. The molecule has 0 amide bonds. The maximum Gasteiger partial charge on any atom is 0.165 e. The molecule has 1 aromatic carbocycles. The van der Waals surface area contributed by atoms with Crippen molar-refractivity contribution in [2.75, 3.05) is 7.11 Å². The number of rotatable bonds is 3. The highest BCUT2D eigenvalue weighted by atomic mass is 19.1. The molecule has 1 atom stereocenters. The van der Waals surface area contributed by atoms with E-state index in [1.807, 2.05) is 0 Å². The third kappa shape index (κ3) is 2.60. The van der Waals surface area contributed by atoms with Crippen molar-refractivity contribution < 1.29 is 13.9 Å². The quantitative estimate of drug-likeness (QED) is 0.840. The lowest BCUT2D eigenvalue weighted by molar-refractivity contribution is -0.128. The van der Waals surface area contributed by atoms with E-state index in [-0.39, 0.29) is 18.0 Å². The number of Topliss-reactive ketones (excluding diaryl/α,β-unsaturated/α-hetero) is 1. The maximum absolute atomic E-state index is 13.6. The average Bonchev–Trinajstić information content (AvgIpc) is 2.42. The number of carbonyl (C=O) groups is 1. The van der Waals surface area contributed by atoms with Crippen molar-refractivity contribution in [3.8, 4) is 11.8 Å². The van der Waals surface area contributed by atoms with E-state index < -0.39 is 11.2 Å². The van der Waals surface area contributed by atoms with Crippen molar-refractivity contribution in [2.45, 2.75) is 32.1 Å². The molecule has 1 saturated carbocycles. The van der Waals surface area contributed by atoms with E-state index in [1.54, 1.807) is 6.07 Å². The Bertz CT molecular complexity index is 535. The van der Waals surface area contributed by atoms with Gasteiger partial charge in [0.2, 0.25) is 0 Å². The zero-order valence-electron chi connectivity index (χ0n) is 10.9. The van der Waals surface area contributed by atoms with E-state index in [4.69, 9.17) is 4.74 Å². The van der Waals surface area contributed by atoms with Crippen LogP contribution in [-0.4, -0.2) is 12.9 Å². The molecular formula is C15H16FNO2. The number of methoxy groups -OCH3 is 1. The molecule has 3 nitrogen and oxygen atoms in total. The van der Waals surface area contributed by atoms with Crippen LogP contribution in [0.1, 0.15) is 31.2 Å². The van der Waals surface area contributed by atoms with E-state index >= 15 is 0 Å². The minimum absolute atomic E-state index is 0.0162. The summed E-state index contributed by atoms with van der Waals surface area (Å²) in [5.74, 6) is -0.307. The Kier molecular flexibility index (Phi) is 3.84. The van der Waals surface area contributed by atoms with Gasteiger partial charge < -0.3 is 4.74 Å². The molecule has 0 heterocycles. The Morgan fingerprint density at radius 2 is 2.26 bits per heavy atom. The summed E-state index contributed by atoms with van der Waals surface area (Å²) in [4.78, 5) is 12.0. The Hall–Kier alpha value is -1.89. The summed E-state index contributed by atoms with van der Waals surface area (Å²) in [7, 11) is 1.40. The third-order valence-corrected chi connectivity index (χ3v) is 3.73. The summed E-state index contributed by atoms with van der Waals surface area (Å²) in [6, 6.07) is 6.75. The molecule has 0 N–H and O–H groups in total. The van der Waals surface area contributed by atoms with Crippen LogP contribution in [0.15, 0.2) is 18.2 Å². The SMILES string of the molecule is COc1ccc(CC2(C#N)CCCCC2=O)cc1F. The first kappa shape index (κ1) is 13.5. The molecule has 0 bridgehead atoms. The molecule has 1 aliphatic carbocycles. The Morgan fingerprint density at radius 3 is 2.84 bits per heavy atom. The minimum atomic E-state index is -0.973. The van der Waals surface area contributed by atoms with Gasteiger partial charge in [-0.05, 0) is 37.0 Å². The summed E-state index contributed by atoms with van der Waals surface area (Å²) in [6.07, 6.45) is 3.02. The second kappa shape index (κ2) is 5.40. The number of hydrogen-bond donors (Lipinski definition) is 0. The summed E-state index contributed by atoms with van der Waals surface area (Å²) >= 11 is 0. The Morgan fingerprint density at radius 1 is 1.47 bits per heavy atom. The molecule has 1 fully saturated rings. The third-order valence-electron chi connectivity index (χ3n) is 3.73. The first-order valence-corrected chi connectivity index (χ1v) is 6.38. The van der Waals surface area contributed by atoms with Gasteiger partial charge in [0.1, 0.15) is 5.41 Å². The molecule has 0 aliphatic heterocycles. The molecule has 1 aromatic rings. The fourth-order valence-corrected chi connectivity index (χ4v) is 2.60. The normalized spacial score (nSPS) is 22.9. The lowest BCUT2D eigenvalue weighted by atomic mass is 9.70. The van der Waals surface area contributed by atoms with Gasteiger partial charge in [0.05, 0.1) is 13.2 Å². The van der Waals surface area contributed by atoms with Gasteiger partial charge in [-0.25, -0.2) is 4.39 Å². The minimum Gasteiger partial charge on any atom is -0.494 e. The zero-order chi connectivity index (χ0) is 13.9. The molecule has 0 spiro atoms. The fraction of sp³-hybridized carbons (Fsp3) is 0.467. The standard InChI is InChI=1S/C15H16FNO2/c1-19-13-6-5-11(8-12(13)16)9-15(10-17)7-3-2-4-14(15)18/h5-6,8H,2-4,7,9H2,1H3. The summed E-state index contributed by atoms with van der Waals surface area (Å²) in [5.41, 5.74) is -0.311. The Labute approximate surface area is 112 Å². The van der Waals surface area contributed by atoms with Crippen LogP contribution >= 0.6 is 0 Å². The highest BCUT2D eigenvalue weighted by Gasteiger charge is 2.40. The van der Waals surface area contributed by atoms with Gasteiger partial charge in [0.15, 0.2) is 17.3 Å². The predicted molar refractivity (Wildman–Crippen MR) is 68.2 cm³/mol. The topological polar surface area (TPSA) is 50.1 Å². The number of benzene rings is 1. The number of nitriles is 1. The highest BCUT2D eigenvalue weighted by molar-refractivity contribution is 5.88. The van der Waals surface area contributed by atoms with Crippen LogP contribution in [0.4, 0.5) is 4.39 Å². The molecule has 0 aromatic heterocycles. The van der Waals surface area contributed by atoms with Crippen molar-refractivity contribution in [3.05, 3.63) is 29.6 Å². The van der Waals surface area contributed by atoms with Crippen molar-refractivity contribution in [1.29, 1.82) is 5.26 Å². The van der Waals surface area contributed by atoms with Crippen molar-refractivity contribution in [1.82, 2.24) is 0 Å². The van der Waals surface area contributed by atoms with E-state index in [1.165, 1.54) is 19.2 Å². The molecule has 0 radical (unpaired) electrons. The van der Waals surface area contributed by atoms with Crippen molar-refractivity contribution >= 4 is 5.78 Å². The van der Waals surface area contributed by atoms with Gasteiger partial charge in [-0.1, -0.05) is 12.5 Å². The molecule has 1 aliphatic rings. The largest absolute Gasteiger partial charge is 0.494 e. The number of carbonyl (C=O) groups excluding carboxylic acids is 1. The smallest absolute Gasteiger partial charge is 0.165 e. The van der Waals surface area contributed by atoms with E-state index in [2.05, 4.69) is 6.07 Å². The van der Waals surface area contributed by atoms with Gasteiger partial charge >= 0.3 is 0 Å². The lowest BCUT2D eigenvalue weighted by Gasteiger charge is -2.29. The predicted octanol–water partition coefficient (Wildman–Crippen LogP) is 3.03. The van der Waals surface area contributed by atoms with Gasteiger partial charge in [-0.2, -0.15) is 5.26 Å². The second-order valence-corrected chi connectivity index (χ2v) is 4.97. The summed E-state index contributed by atoms with van der Waals surface area (Å²) in [6.45, 7) is 0. The average molecular weight is 261 g/mol. The first-order valence-electron chi connectivity index (χ1n) is 6.38. The molecule has 19 heavy (non-hydrogen) atoms. The van der Waals surface area contributed by atoms with Crippen LogP contribution in [0.2, 0.25) is 0 Å². The monoisotopic (exact) mass is 261 g/mol. The molecular weight excluding hydrogens is 245 g/mol. The number of ketones is 1. The van der Waals surface area contributed by atoms with Crippen LogP contribution in [0.3, 0.4) is 0 Å². The summed E-state index contributed by atoms with van der Waals surface area (Å²) < 4.78 is 18.5. The Balaban J connectivity index is 2.26. The van der Waals surface area contributed by atoms with Crippen LogP contribution in [0.5, 0.6) is 5.75 Å². The zero-order valence-corrected chi connectivity index (χ0v) is 10.9. The molecule has 1 unspecified atom stereocenters. The maximum atomic E-state index is 13.6. The number of halogens is 1. The molecule has 4 heteroatoms. The van der Waals surface area contributed by atoms with E-state index in [9.17, 15) is 14.4 Å². The molecule has 0 saturated heterocycles. The van der Waals surface area contributed by atoms with Gasteiger partial charge in [0, 0.05) is 6.42 Å². The number of hydrogen-bond acceptors (Lipinski definition) is 3. The van der Waals surface area contributed by atoms with Crippen molar-refractivity contribution in [2.24, 2.45) is 5.41 Å². The number of nitrogens with zero attached hydrogens (tertiary/aromatic N) is 1. The highest BCUT2D eigenvalue weighted by Crippen LogP contribution is 2.36. The van der Waals surface area contributed by atoms with Crippen molar-refractivity contribution in [3.63, 3.8) is 0 Å². The van der Waals surface area contributed by atoms with Gasteiger partial charge in [-0.15, -0.1) is 0 Å². The molecule has 100 valence electrons. The van der Waals surface area contributed by atoms with Gasteiger partial charge in [-0.3, -0.25) is 4.79 Å². The van der Waals surface area contributed by atoms with Crippen LogP contribution in [0.25, 0.3) is 0 Å². The summed E-state index contributed by atoms with van der Waals surface area (Å²) in [5, 5.41) is 9.35. The second-order valence-electron chi connectivity index (χ2n) is 4.97. The molecule has 2 rings (SSSR count). The van der Waals surface area contributed by atoms with Gasteiger partial charge in [0.25, 0.3) is 0 Å². The van der Waals surface area contributed by atoms with Crippen LogP contribution < -0.4 is 4.74 Å². The van der Waals surface area contributed by atoms with Crippen LogP contribution in [0, 0.1) is 22.6 Å². The number of ether oxygens (including phenoxy) is 1. The van der Waals surface area contributed by atoms with E-state index in [0.717, 1.165) is 12.8 Å².